The highest BCUT2D eigenvalue weighted by Gasteiger charge is 2.46. The first kappa shape index (κ1) is 14.1. The third-order valence-electron chi connectivity index (χ3n) is 4.29. The quantitative estimate of drug-likeness (QED) is 0.756. The lowest BCUT2D eigenvalue weighted by atomic mass is 9.95. The molecule has 0 saturated carbocycles. The molecule has 0 N–H and O–H groups in total. The number of hydrogen-bond donors (Lipinski definition) is 0. The number of hydrogen-bond acceptors (Lipinski definition) is 5. The summed E-state index contributed by atoms with van der Waals surface area (Å²) in [6.45, 7) is 2.82. The van der Waals surface area contributed by atoms with Gasteiger partial charge in [-0.25, -0.2) is 9.50 Å². The normalized spacial score (nSPS) is 25.2. The van der Waals surface area contributed by atoms with Crippen molar-refractivity contribution in [2.75, 3.05) is 33.0 Å². The van der Waals surface area contributed by atoms with Gasteiger partial charge in [0, 0.05) is 25.5 Å². The van der Waals surface area contributed by atoms with E-state index in [0.717, 1.165) is 10.9 Å². The summed E-state index contributed by atoms with van der Waals surface area (Å²) in [5.74, 6) is -0.0568. The molecule has 0 radical (unpaired) electrons. The zero-order valence-electron chi connectivity index (χ0n) is 11.9. The minimum absolute atomic E-state index is 0.0568. The van der Waals surface area contributed by atoms with Gasteiger partial charge in [0.15, 0.2) is 5.65 Å². The summed E-state index contributed by atoms with van der Waals surface area (Å²) in [7, 11) is 0. The summed E-state index contributed by atoms with van der Waals surface area (Å²) in [6, 6.07) is 0. The van der Waals surface area contributed by atoms with E-state index in [1.807, 2.05) is 4.90 Å². The lowest BCUT2D eigenvalue weighted by molar-refractivity contribution is -0.0550. The maximum atomic E-state index is 13.0. The van der Waals surface area contributed by atoms with Crippen LogP contribution in [0.5, 0.6) is 0 Å². The molecule has 0 bridgehead atoms. The van der Waals surface area contributed by atoms with Crippen molar-refractivity contribution in [3.8, 4) is 0 Å². The zero-order chi connectivity index (χ0) is 15.2. The molecule has 0 aliphatic carbocycles. The standard InChI is InChI=1S/C14H15BrN4O3/c15-10-5-16-12-11(6-17-19(12)7-10)13(20)18-2-4-22-9-14(18)1-3-21-8-14/h5-7H,1-4,8-9H2. The number of halogens is 1. The topological polar surface area (TPSA) is 69.0 Å². The highest BCUT2D eigenvalue weighted by molar-refractivity contribution is 9.10. The molecular weight excluding hydrogens is 352 g/mol. The Morgan fingerprint density at radius 1 is 1.27 bits per heavy atom. The number of morpholine rings is 1. The number of carbonyl (C=O) groups is 1. The Morgan fingerprint density at radius 2 is 2.09 bits per heavy atom. The number of rotatable bonds is 1. The minimum Gasteiger partial charge on any atom is -0.379 e. The van der Waals surface area contributed by atoms with Gasteiger partial charge in [-0.05, 0) is 22.4 Å². The average Bonchev–Trinajstić information content (AvgIpc) is 3.14. The Balaban J connectivity index is 1.72. The Labute approximate surface area is 135 Å². The van der Waals surface area contributed by atoms with Crippen molar-refractivity contribution in [1.82, 2.24) is 19.5 Å². The first-order valence-electron chi connectivity index (χ1n) is 7.16. The number of aromatic nitrogens is 3. The van der Waals surface area contributed by atoms with Gasteiger partial charge in [0.1, 0.15) is 5.56 Å². The van der Waals surface area contributed by atoms with Gasteiger partial charge in [0.2, 0.25) is 0 Å². The minimum atomic E-state index is -0.348. The number of fused-ring (bicyclic) bond motifs is 1. The van der Waals surface area contributed by atoms with Gasteiger partial charge >= 0.3 is 0 Å². The van der Waals surface area contributed by atoms with Crippen molar-refractivity contribution in [1.29, 1.82) is 0 Å². The molecule has 1 amide bonds. The predicted molar refractivity (Wildman–Crippen MR) is 80.7 cm³/mol. The molecule has 22 heavy (non-hydrogen) atoms. The highest BCUT2D eigenvalue weighted by atomic mass is 79.9. The van der Waals surface area contributed by atoms with E-state index in [9.17, 15) is 4.79 Å². The van der Waals surface area contributed by atoms with Crippen LogP contribution in [0.25, 0.3) is 5.65 Å². The fourth-order valence-corrected chi connectivity index (χ4v) is 3.42. The van der Waals surface area contributed by atoms with Crippen LogP contribution in [-0.2, 0) is 9.47 Å². The second-order valence-corrected chi connectivity index (χ2v) is 6.55. The molecule has 8 heteroatoms. The number of ether oxygens (including phenoxy) is 2. The Hall–Kier alpha value is -1.51. The van der Waals surface area contributed by atoms with E-state index in [4.69, 9.17) is 9.47 Å². The van der Waals surface area contributed by atoms with E-state index in [2.05, 4.69) is 26.0 Å². The molecule has 2 aliphatic heterocycles. The molecule has 0 aromatic carbocycles. The van der Waals surface area contributed by atoms with E-state index >= 15 is 0 Å². The van der Waals surface area contributed by atoms with Gasteiger partial charge in [0.05, 0.1) is 36.0 Å². The van der Waals surface area contributed by atoms with Crippen molar-refractivity contribution in [2.24, 2.45) is 0 Å². The number of amides is 1. The van der Waals surface area contributed by atoms with Crippen molar-refractivity contribution in [3.63, 3.8) is 0 Å². The molecule has 116 valence electrons. The largest absolute Gasteiger partial charge is 0.379 e. The lowest BCUT2D eigenvalue weighted by Gasteiger charge is -2.43. The molecule has 4 rings (SSSR count). The lowest BCUT2D eigenvalue weighted by Crippen LogP contribution is -2.59. The summed E-state index contributed by atoms with van der Waals surface area (Å²) in [5.41, 5.74) is 0.730. The number of carbonyl (C=O) groups excluding carboxylic acids is 1. The zero-order valence-corrected chi connectivity index (χ0v) is 13.5. The summed E-state index contributed by atoms with van der Waals surface area (Å²) < 4.78 is 13.5. The summed E-state index contributed by atoms with van der Waals surface area (Å²) >= 11 is 3.35. The number of nitrogens with zero attached hydrogens (tertiary/aromatic N) is 4. The van der Waals surface area contributed by atoms with Crippen LogP contribution in [0.15, 0.2) is 23.1 Å². The fraction of sp³-hybridized carbons (Fsp3) is 0.500. The smallest absolute Gasteiger partial charge is 0.260 e. The van der Waals surface area contributed by atoms with Crippen LogP contribution in [-0.4, -0.2) is 63.9 Å². The first-order chi connectivity index (χ1) is 10.7. The van der Waals surface area contributed by atoms with Crippen LogP contribution in [0.4, 0.5) is 0 Å². The van der Waals surface area contributed by atoms with Crippen molar-refractivity contribution < 1.29 is 14.3 Å². The van der Waals surface area contributed by atoms with Crippen LogP contribution in [0.2, 0.25) is 0 Å². The molecule has 1 unspecified atom stereocenters. The van der Waals surface area contributed by atoms with E-state index < -0.39 is 0 Å². The molecule has 2 aliphatic rings. The van der Waals surface area contributed by atoms with E-state index in [1.54, 1.807) is 23.1 Å². The van der Waals surface area contributed by atoms with E-state index in [-0.39, 0.29) is 11.4 Å². The van der Waals surface area contributed by atoms with Crippen LogP contribution >= 0.6 is 15.9 Å². The molecule has 7 nitrogen and oxygen atoms in total. The second-order valence-electron chi connectivity index (χ2n) is 5.63. The van der Waals surface area contributed by atoms with Crippen LogP contribution in [0, 0.1) is 0 Å². The second kappa shape index (κ2) is 5.29. The fourth-order valence-electron chi connectivity index (χ4n) is 3.12. The maximum absolute atomic E-state index is 13.0. The van der Waals surface area contributed by atoms with Gasteiger partial charge < -0.3 is 14.4 Å². The predicted octanol–water partition coefficient (Wildman–Crippen LogP) is 1.12. The van der Waals surface area contributed by atoms with Gasteiger partial charge in [-0.1, -0.05) is 0 Å². The Bertz CT molecular complexity index is 726. The Kier molecular flexibility index (Phi) is 3.39. The molecule has 2 aromatic rings. The summed E-state index contributed by atoms with van der Waals surface area (Å²) in [5, 5.41) is 4.22. The average molecular weight is 367 g/mol. The van der Waals surface area contributed by atoms with E-state index in [1.165, 1.54) is 0 Å². The van der Waals surface area contributed by atoms with Gasteiger partial charge in [-0.2, -0.15) is 5.10 Å². The van der Waals surface area contributed by atoms with Gasteiger partial charge in [-0.3, -0.25) is 4.79 Å². The molecule has 2 fully saturated rings. The van der Waals surface area contributed by atoms with Crippen molar-refractivity contribution in [2.45, 2.75) is 12.0 Å². The SMILES string of the molecule is O=C(c1cnn2cc(Br)cnc12)N1CCOCC12CCOC2. The third kappa shape index (κ3) is 2.13. The molecular formula is C14H15BrN4O3. The molecule has 2 aromatic heterocycles. The Morgan fingerprint density at radius 3 is 2.91 bits per heavy atom. The maximum Gasteiger partial charge on any atom is 0.260 e. The van der Waals surface area contributed by atoms with Crippen molar-refractivity contribution in [3.05, 3.63) is 28.6 Å². The van der Waals surface area contributed by atoms with Crippen LogP contribution in [0.3, 0.4) is 0 Å². The molecule has 2 saturated heterocycles. The summed E-state index contributed by atoms with van der Waals surface area (Å²) in [4.78, 5) is 19.2. The third-order valence-corrected chi connectivity index (χ3v) is 4.70. The monoisotopic (exact) mass is 366 g/mol. The van der Waals surface area contributed by atoms with Crippen LogP contribution in [0.1, 0.15) is 16.8 Å². The molecule has 1 atom stereocenters. The highest BCUT2D eigenvalue weighted by Crippen LogP contribution is 2.31. The molecule has 1 spiro atoms. The first-order valence-corrected chi connectivity index (χ1v) is 7.95. The van der Waals surface area contributed by atoms with Crippen LogP contribution < -0.4 is 0 Å². The summed E-state index contributed by atoms with van der Waals surface area (Å²) in [6.07, 6.45) is 5.83. The van der Waals surface area contributed by atoms with Gasteiger partial charge in [-0.15, -0.1) is 0 Å². The molecule has 4 heterocycles. The van der Waals surface area contributed by atoms with Crippen molar-refractivity contribution >= 4 is 27.5 Å². The van der Waals surface area contributed by atoms with E-state index in [0.29, 0.717) is 44.2 Å². The van der Waals surface area contributed by atoms with Gasteiger partial charge in [0.25, 0.3) is 5.91 Å².